The lowest BCUT2D eigenvalue weighted by Crippen LogP contribution is -2.29. The van der Waals surface area contributed by atoms with E-state index in [2.05, 4.69) is 12.2 Å². The van der Waals surface area contributed by atoms with Crippen molar-refractivity contribution < 1.29 is 9.15 Å². The third-order valence-electron chi connectivity index (χ3n) is 2.02. The fourth-order valence-corrected chi connectivity index (χ4v) is 1.19. The second kappa shape index (κ2) is 5.04. The Morgan fingerprint density at radius 1 is 1.62 bits per heavy atom. The van der Waals surface area contributed by atoms with E-state index in [1.54, 1.807) is 13.4 Å². The van der Waals surface area contributed by atoms with Crippen LogP contribution < -0.4 is 5.32 Å². The van der Waals surface area contributed by atoms with Gasteiger partial charge in [0, 0.05) is 25.3 Å². The summed E-state index contributed by atoms with van der Waals surface area (Å²) < 4.78 is 10.2. The standard InChI is InChI=1S/C10H17NO2/c1-8(7-12-3)11-6-10-4-5-13-9(10)2/h4-5,8,11H,6-7H2,1-3H3. The topological polar surface area (TPSA) is 34.4 Å². The van der Waals surface area contributed by atoms with Gasteiger partial charge >= 0.3 is 0 Å². The van der Waals surface area contributed by atoms with Gasteiger partial charge in [0.2, 0.25) is 0 Å². The van der Waals surface area contributed by atoms with E-state index in [0.29, 0.717) is 6.04 Å². The molecule has 0 aliphatic carbocycles. The van der Waals surface area contributed by atoms with Gasteiger partial charge in [-0.05, 0) is 19.9 Å². The molecule has 74 valence electrons. The van der Waals surface area contributed by atoms with E-state index in [-0.39, 0.29) is 0 Å². The molecule has 0 bridgehead atoms. The maximum Gasteiger partial charge on any atom is 0.105 e. The number of furan rings is 1. The molecule has 0 aromatic carbocycles. The van der Waals surface area contributed by atoms with Crippen molar-refractivity contribution in [2.75, 3.05) is 13.7 Å². The van der Waals surface area contributed by atoms with Gasteiger partial charge in [0.25, 0.3) is 0 Å². The number of ether oxygens (including phenoxy) is 1. The Balaban J connectivity index is 2.30. The number of rotatable bonds is 5. The molecule has 3 heteroatoms. The zero-order valence-electron chi connectivity index (χ0n) is 8.46. The van der Waals surface area contributed by atoms with Crippen LogP contribution in [0, 0.1) is 6.92 Å². The number of hydrogen-bond donors (Lipinski definition) is 1. The molecule has 1 heterocycles. The van der Waals surface area contributed by atoms with Gasteiger partial charge in [-0.1, -0.05) is 0 Å². The summed E-state index contributed by atoms with van der Waals surface area (Å²) in [7, 11) is 1.71. The van der Waals surface area contributed by atoms with E-state index in [1.165, 1.54) is 5.56 Å². The van der Waals surface area contributed by atoms with Crippen molar-refractivity contribution in [3.05, 3.63) is 23.7 Å². The predicted octanol–water partition coefficient (Wildman–Crippen LogP) is 1.71. The highest BCUT2D eigenvalue weighted by Crippen LogP contribution is 2.07. The number of nitrogens with one attached hydrogen (secondary N) is 1. The summed E-state index contributed by atoms with van der Waals surface area (Å²) in [5.74, 6) is 0.983. The fraction of sp³-hybridized carbons (Fsp3) is 0.600. The van der Waals surface area contributed by atoms with Gasteiger partial charge < -0.3 is 14.5 Å². The largest absolute Gasteiger partial charge is 0.469 e. The average molecular weight is 183 g/mol. The zero-order valence-corrected chi connectivity index (χ0v) is 8.46. The van der Waals surface area contributed by atoms with Crippen molar-refractivity contribution >= 4 is 0 Å². The lowest BCUT2D eigenvalue weighted by atomic mass is 10.2. The molecule has 1 aromatic rings. The Kier molecular flexibility index (Phi) is 3.99. The Morgan fingerprint density at radius 3 is 2.92 bits per heavy atom. The van der Waals surface area contributed by atoms with Crippen LogP contribution in [0.15, 0.2) is 16.7 Å². The van der Waals surface area contributed by atoms with Crippen LogP contribution >= 0.6 is 0 Å². The quantitative estimate of drug-likeness (QED) is 0.754. The molecule has 0 spiro atoms. The van der Waals surface area contributed by atoms with Gasteiger partial charge in [0.15, 0.2) is 0 Å². The Bertz CT molecular complexity index is 245. The van der Waals surface area contributed by atoms with E-state index < -0.39 is 0 Å². The SMILES string of the molecule is COCC(C)NCc1ccoc1C. The molecule has 1 atom stereocenters. The van der Waals surface area contributed by atoms with Gasteiger partial charge in [0.05, 0.1) is 12.9 Å². The first-order valence-corrected chi connectivity index (χ1v) is 4.49. The molecule has 0 radical (unpaired) electrons. The lowest BCUT2D eigenvalue weighted by molar-refractivity contribution is 0.171. The number of hydrogen-bond acceptors (Lipinski definition) is 3. The zero-order chi connectivity index (χ0) is 9.68. The normalized spacial score (nSPS) is 13.2. The minimum absolute atomic E-state index is 0.374. The fourth-order valence-electron chi connectivity index (χ4n) is 1.19. The van der Waals surface area contributed by atoms with Crippen LogP contribution in [0.1, 0.15) is 18.2 Å². The van der Waals surface area contributed by atoms with E-state index in [1.807, 2.05) is 13.0 Å². The molecule has 3 nitrogen and oxygen atoms in total. The summed E-state index contributed by atoms with van der Waals surface area (Å²) in [6.45, 7) is 5.64. The molecule has 0 saturated heterocycles. The second-order valence-corrected chi connectivity index (χ2v) is 3.24. The van der Waals surface area contributed by atoms with Crippen molar-refractivity contribution in [3.63, 3.8) is 0 Å². The van der Waals surface area contributed by atoms with Crippen molar-refractivity contribution in [2.45, 2.75) is 26.4 Å². The van der Waals surface area contributed by atoms with Crippen molar-refractivity contribution in [1.29, 1.82) is 0 Å². The van der Waals surface area contributed by atoms with E-state index in [4.69, 9.17) is 9.15 Å². The van der Waals surface area contributed by atoms with Crippen LogP contribution in [0.2, 0.25) is 0 Å². The van der Waals surface area contributed by atoms with E-state index >= 15 is 0 Å². The van der Waals surface area contributed by atoms with Gasteiger partial charge in [-0.15, -0.1) is 0 Å². The first-order chi connectivity index (χ1) is 6.24. The first kappa shape index (κ1) is 10.3. The summed E-state index contributed by atoms with van der Waals surface area (Å²) in [6, 6.07) is 2.36. The Morgan fingerprint density at radius 2 is 2.38 bits per heavy atom. The Labute approximate surface area is 79.1 Å². The summed E-state index contributed by atoms with van der Waals surface area (Å²) in [6.07, 6.45) is 1.72. The van der Waals surface area contributed by atoms with Crippen LogP contribution in [0.25, 0.3) is 0 Å². The monoisotopic (exact) mass is 183 g/mol. The maximum absolute atomic E-state index is 5.19. The molecule has 0 fully saturated rings. The van der Waals surface area contributed by atoms with Gasteiger partial charge in [0.1, 0.15) is 5.76 Å². The molecular formula is C10H17NO2. The highest BCUT2D eigenvalue weighted by Gasteiger charge is 2.03. The molecule has 0 amide bonds. The molecular weight excluding hydrogens is 166 g/mol. The molecule has 1 N–H and O–H groups in total. The molecule has 0 saturated carbocycles. The summed E-state index contributed by atoms with van der Waals surface area (Å²) >= 11 is 0. The molecule has 0 aliphatic rings. The van der Waals surface area contributed by atoms with E-state index in [0.717, 1.165) is 18.9 Å². The average Bonchev–Trinajstić information content (AvgIpc) is 2.48. The van der Waals surface area contributed by atoms with Crippen LogP contribution in [-0.4, -0.2) is 19.8 Å². The van der Waals surface area contributed by atoms with Crippen LogP contribution in [0.4, 0.5) is 0 Å². The van der Waals surface area contributed by atoms with Gasteiger partial charge in [-0.2, -0.15) is 0 Å². The molecule has 1 rings (SSSR count). The van der Waals surface area contributed by atoms with Gasteiger partial charge in [-0.3, -0.25) is 0 Å². The Hall–Kier alpha value is -0.800. The minimum atomic E-state index is 0.374. The molecule has 1 aromatic heterocycles. The van der Waals surface area contributed by atoms with Crippen molar-refractivity contribution in [1.82, 2.24) is 5.32 Å². The summed E-state index contributed by atoms with van der Waals surface area (Å²) in [4.78, 5) is 0. The van der Waals surface area contributed by atoms with Crippen molar-refractivity contribution in [2.24, 2.45) is 0 Å². The lowest BCUT2D eigenvalue weighted by Gasteiger charge is -2.11. The van der Waals surface area contributed by atoms with Crippen LogP contribution in [0.3, 0.4) is 0 Å². The third-order valence-corrected chi connectivity index (χ3v) is 2.02. The highest BCUT2D eigenvalue weighted by atomic mass is 16.5. The third kappa shape index (κ3) is 3.20. The second-order valence-electron chi connectivity index (χ2n) is 3.24. The smallest absolute Gasteiger partial charge is 0.105 e. The first-order valence-electron chi connectivity index (χ1n) is 4.49. The highest BCUT2D eigenvalue weighted by molar-refractivity contribution is 5.14. The number of methoxy groups -OCH3 is 1. The minimum Gasteiger partial charge on any atom is -0.469 e. The van der Waals surface area contributed by atoms with Crippen LogP contribution in [-0.2, 0) is 11.3 Å². The molecule has 0 aliphatic heterocycles. The molecule has 1 unspecified atom stereocenters. The van der Waals surface area contributed by atoms with Crippen LogP contribution in [0.5, 0.6) is 0 Å². The van der Waals surface area contributed by atoms with E-state index in [9.17, 15) is 0 Å². The maximum atomic E-state index is 5.19. The van der Waals surface area contributed by atoms with Crippen molar-refractivity contribution in [3.8, 4) is 0 Å². The number of aryl methyl sites for hydroxylation is 1. The summed E-state index contributed by atoms with van der Waals surface area (Å²) in [5, 5.41) is 3.34. The molecule has 13 heavy (non-hydrogen) atoms. The summed E-state index contributed by atoms with van der Waals surface area (Å²) in [5.41, 5.74) is 1.21. The predicted molar refractivity (Wildman–Crippen MR) is 51.6 cm³/mol. The van der Waals surface area contributed by atoms with Gasteiger partial charge in [-0.25, -0.2) is 0 Å².